The van der Waals surface area contributed by atoms with Crippen molar-refractivity contribution in [2.75, 3.05) is 19.0 Å². The summed E-state index contributed by atoms with van der Waals surface area (Å²) in [6.45, 7) is 0. The molecule has 7 heteroatoms. The molecule has 0 amide bonds. The zero-order valence-electron chi connectivity index (χ0n) is 8.57. The highest BCUT2D eigenvalue weighted by molar-refractivity contribution is 7.71. The van der Waals surface area contributed by atoms with Crippen LogP contribution in [0.25, 0.3) is 10.3 Å². The molecule has 80 valence electrons. The summed E-state index contributed by atoms with van der Waals surface area (Å²) in [6.07, 6.45) is 0. The smallest absolute Gasteiger partial charge is 0.273 e. The first kappa shape index (κ1) is 10.3. The van der Waals surface area contributed by atoms with Crippen molar-refractivity contribution in [1.82, 2.24) is 14.5 Å². The molecule has 0 bridgehead atoms. The number of hydrogen-bond acceptors (Lipinski definition) is 5. The maximum absolute atomic E-state index is 11.8. The molecular formula is C8H10N4OS2. The van der Waals surface area contributed by atoms with Crippen LogP contribution in [0.3, 0.4) is 0 Å². The molecule has 0 fully saturated rings. The van der Waals surface area contributed by atoms with E-state index in [2.05, 4.69) is 9.97 Å². The van der Waals surface area contributed by atoms with Crippen molar-refractivity contribution in [3.05, 3.63) is 15.1 Å². The fourth-order valence-electron chi connectivity index (χ4n) is 1.16. The van der Waals surface area contributed by atoms with Crippen LogP contribution in [0.5, 0.6) is 0 Å². The summed E-state index contributed by atoms with van der Waals surface area (Å²) in [7, 11) is 5.42. The number of hydrogen-bond donors (Lipinski definition) is 1. The van der Waals surface area contributed by atoms with Gasteiger partial charge in [0.1, 0.15) is 4.70 Å². The molecule has 2 aromatic heterocycles. The molecule has 0 aromatic carbocycles. The summed E-state index contributed by atoms with van der Waals surface area (Å²) in [5.74, 6) is 0. The largest absolute Gasteiger partial charge is 0.354 e. The molecule has 2 aromatic rings. The molecule has 0 unspecified atom stereocenters. The maximum Gasteiger partial charge on any atom is 0.273 e. The molecule has 0 atom stereocenters. The van der Waals surface area contributed by atoms with Gasteiger partial charge in [-0.25, -0.2) is 4.98 Å². The Morgan fingerprint density at radius 1 is 1.53 bits per heavy atom. The van der Waals surface area contributed by atoms with Crippen LogP contribution in [0.2, 0.25) is 0 Å². The summed E-state index contributed by atoms with van der Waals surface area (Å²) in [4.78, 5) is 20.9. The van der Waals surface area contributed by atoms with Gasteiger partial charge in [-0.1, -0.05) is 11.3 Å². The fourth-order valence-corrected chi connectivity index (χ4v) is 2.26. The minimum Gasteiger partial charge on any atom is -0.354 e. The van der Waals surface area contributed by atoms with E-state index >= 15 is 0 Å². The predicted octanol–water partition coefficient (Wildman–Crippen LogP) is 1.12. The number of fused-ring (bicyclic) bond motifs is 1. The Morgan fingerprint density at radius 3 is 2.80 bits per heavy atom. The van der Waals surface area contributed by atoms with Crippen molar-refractivity contribution < 1.29 is 0 Å². The van der Waals surface area contributed by atoms with Gasteiger partial charge in [0.2, 0.25) is 0 Å². The average Bonchev–Trinajstić information content (AvgIpc) is 2.58. The van der Waals surface area contributed by atoms with Crippen molar-refractivity contribution in [3.63, 3.8) is 0 Å². The Labute approximate surface area is 95.0 Å². The minimum atomic E-state index is -0.0978. The topological polar surface area (TPSA) is 53.9 Å². The number of nitrogens with zero attached hydrogens (tertiary/aromatic N) is 3. The van der Waals surface area contributed by atoms with E-state index in [1.807, 2.05) is 19.0 Å². The van der Waals surface area contributed by atoms with E-state index in [0.717, 1.165) is 5.13 Å². The molecule has 2 heterocycles. The molecule has 0 aliphatic carbocycles. The summed E-state index contributed by atoms with van der Waals surface area (Å²) in [6, 6.07) is 0. The van der Waals surface area contributed by atoms with E-state index in [1.54, 1.807) is 7.05 Å². The van der Waals surface area contributed by atoms with E-state index in [0.29, 0.717) is 15.1 Å². The lowest BCUT2D eigenvalue weighted by atomic mass is 10.6. The summed E-state index contributed by atoms with van der Waals surface area (Å²) in [5, 5.41) is 0.791. The molecule has 0 saturated heterocycles. The summed E-state index contributed by atoms with van der Waals surface area (Å²) >= 11 is 6.36. The lowest BCUT2D eigenvalue weighted by Gasteiger charge is -2.04. The number of H-pyrrole nitrogens is 1. The van der Waals surface area contributed by atoms with Gasteiger partial charge in [0.05, 0.1) is 0 Å². The van der Waals surface area contributed by atoms with Gasteiger partial charge in [-0.15, -0.1) is 0 Å². The van der Waals surface area contributed by atoms with E-state index in [-0.39, 0.29) is 5.56 Å². The third-order valence-electron chi connectivity index (χ3n) is 2.03. The van der Waals surface area contributed by atoms with E-state index in [1.165, 1.54) is 15.9 Å². The average molecular weight is 242 g/mol. The van der Waals surface area contributed by atoms with Crippen LogP contribution in [0.4, 0.5) is 5.13 Å². The molecule has 1 N–H and O–H groups in total. The molecule has 15 heavy (non-hydrogen) atoms. The van der Waals surface area contributed by atoms with Crippen molar-refractivity contribution in [2.45, 2.75) is 0 Å². The Morgan fingerprint density at radius 2 is 2.20 bits per heavy atom. The molecule has 0 aliphatic heterocycles. The highest BCUT2D eigenvalue weighted by atomic mass is 32.1. The maximum atomic E-state index is 11.8. The van der Waals surface area contributed by atoms with Gasteiger partial charge in [0.25, 0.3) is 5.56 Å². The van der Waals surface area contributed by atoms with Gasteiger partial charge in [-0.3, -0.25) is 9.36 Å². The summed E-state index contributed by atoms with van der Waals surface area (Å²) < 4.78 is 2.41. The lowest BCUT2D eigenvalue weighted by molar-refractivity contribution is 0.824. The zero-order valence-corrected chi connectivity index (χ0v) is 10.2. The Bertz CT molecular complexity index is 622. The van der Waals surface area contributed by atoms with Crippen molar-refractivity contribution in [1.29, 1.82) is 0 Å². The standard InChI is InChI=1S/C8H10N4OS2/c1-11(2)8-10-5-4(15-8)6(13)12(3)7(14)9-5/h1-3H3,(H,9,14). The second kappa shape index (κ2) is 3.42. The van der Waals surface area contributed by atoms with E-state index < -0.39 is 0 Å². The quantitative estimate of drug-likeness (QED) is 0.761. The number of aromatic nitrogens is 3. The van der Waals surface area contributed by atoms with Crippen molar-refractivity contribution >= 4 is 39.0 Å². The monoisotopic (exact) mass is 242 g/mol. The fraction of sp³-hybridized carbons (Fsp3) is 0.375. The Balaban J connectivity index is 2.88. The van der Waals surface area contributed by atoms with Crippen LogP contribution >= 0.6 is 23.6 Å². The predicted molar refractivity (Wildman–Crippen MR) is 64.4 cm³/mol. The normalized spacial score (nSPS) is 10.9. The molecule has 2 rings (SSSR count). The number of aromatic amines is 1. The first-order chi connectivity index (χ1) is 7.00. The van der Waals surface area contributed by atoms with Gasteiger partial charge >= 0.3 is 0 Å². The second-order valence-corrected chi connectivity index (χ2v) is 4.73. The van der Waals surface area contributed by atoms with Crippen LogP contribution < -0.4 is 10.5 Å². The molecule has 5 nitrogen and oxygen atoms in total. The van der Waals surface area contributed by atoms with E-state index in [9.17, 15) is 4.79 Å². The lowest BCUT2D eigenvalue weighted by Crippen LogP contribution is -2.17. The van der Waals surface area contributed by atoms with Crippen molar-refractivity contribution in [2.24, 2.45) is 7.05 Å². The number of thiazole rings is 1. The molecule has 0 saturated carbocycles. The number of rotatable bonds is 1. The van der Waals surface area contributed by atoms with Crippen LogP contribution in [0, 0.1) is 4.77 Å². The van der Waals surface area contributed by atoms with Crippen LogP contribution in [0.15, 0.2) is 4.79 Å². The van der Waals surface area contributed by atoms with Gasteiger partial charge in [-0.2, -0.15) is 0 Å². The van der Waals surface area contributed by atoms with Gasteiger partial charge in [0.15, 0.2) is 15.5 Å². The number of anilines is 1. The second-order valence-electron chi connectivity index (χ2n) is 3.36. The first-order valence-electron chi connectivity index (χ1n) is 4.28. The molecule has 0 aliphatic rings. The molecule has 0 radical (unpaired) electrons. The first-order valence-corrected chi connectivity index (χ1v) is 5.50. The highest BCUT2D eigenvalue weighted by Gasteiger charge is 2.10. The Hall–Kier alpha value is -1.21. The Kier molecular flexibility index (Phi) is 2.35. The van der Waals surface area contributed by atoms with Gasteiger partial charge in [-0.05, 0) is 12.2 Å². The zero-order chi connectivity index (χ0) is 11.2. The van der Waals surface area contributed by atoms with Gasteiger partial charge < -0.3 is 9.88 Å². The van der Waals surface area contributed by atoms with Gasteiger partial charge in [0, 0.05) is 21.1 Å². The SMILES string of the molecule is CN(C)c1nc2[nH]c(=S)n(C)c(=O)c2s1. The third kappa shape index (κ3) is 1.57. The molecular weight excluding hydrogens is 232 g/mol. The van der Waals surface area contributed by atoms with Crippen LogP contribution in [-0.2, 0) is 7.05 Å². The molecule has 0 spiro atoms. The minimum absolute atomic E-state index is 0.0978. The highest BCUT2D eigenvalue weighted by Crippen LogP contribution is 2.23. The van der Waals surface area contributed by atoms with Crippen LogP contribution in [-0.4, -0.2) is 28.6 Å². The third-order valence-corrected chi connectivity index (χ3v) is 3.61. The van der Waals surface area contributed by atoms with Crippen LogP contribution in [0.1, 0.15) is 0 Å². The summed E-state index contributed by atoms with van der Waals surface area (Å²) in [5.41, 5.74) is 0.469. The number of nitrogens with one attached hydrogen (secondary N) is 1. The van der Waals surface area contributed by atoms with Crippen molar-refractivity contribution in [3.8, 4) is 0 Å². The van der Waals surface area contributed by atoms with E-state index in [4.69, 9.17) is 12.2 Å².